The molecule has 1 heterocycles. The zero-order valence-corrected chi connectivity index (χ0v) is 22.6. The Balaban J connectivity index is 1.49. The number of nitrogens with one attached hydrogen (secondary N) is 2. The van der Waals surface area contributed by atoms with Gasteiger partial charge in [0.1, 0.15) is 0 Å². The van der Waals surface area contributed by atoms with Crippen molar-refractivity contribution in [3.8, 4) is 11.5 Å². The molecule has 11 heteroatoms. The molecule has 3 aromatic carbocycles. The van der Waals surface area contributed by atoms with E-state index in [4.69, 9.17) is 32.7 Å². The maximum atomic E-state index is 12.5. The third kappa shape index (κ3) is 6.41. The van der Waals surface area contributed by atoms with Crippen molar-refractivity contribution in [1.29, 1.82) is 0 Å². The molecule has 0 atom stereocenters. The Morgan fingerprint density at radius 3 is 2.67 bits per heavy atom. The molecule has 4 rings (SSSR count). The van der Waals surface area contributed by atoms with Crippen LogP contribution in [-0.4, -0.2) is 30.7 Å². The highest BCUT2D eigenvalue weighted by molar-refractivity contribution is 9.10. The standard InChI is InChI=1S/C25H18BrCl2N3O4S/c1-34-19-10-14(16(26)12-20(19)35-13-22(32)29-15-6-3-2-4-7-15)11-21-24(33)31-25(36-21)30-18-9-5-8-17(27)23(18)28/h2-12H,13H2,1H3,(H,29,32)(H,30,31,33)/b21-11+. The molecule has 1 aliphatic heterocycles. The zero-order valence-electron chi connectivity index (χ0n) is 18.7. The summed E-state index contributed by atoms with van der Waals surface area (Å²) in [4.78, 5) is 29.6. The normalized spacial score (nSPS) is 15.2. The van der Waals surface area contributed by atoms with Crippen molar-refractivity contribution < 1.29 is 19.1 Å². The second kappa shape index (κ2) is 11.8. The summed E-state index contributed by atoms with van der Waals surface area (Å²) in [6.45, 7) is -0.206. The predicted molar refractivity (Wildman–Crippen MR) is 149 cm³/mol. The van der Waals surface area contributed by atoms with E-state index in [2.05, 4.69) is 31.6 Å². The fourth-order valence-corrected chi connectivity index (χ4v) is 4.71. The number of anilines is 1. The number of hydrogen-bond donors (Lipinski definition) is 2. The first-order valence-electron chi connectivity index (χ1n) is 10.4. The molecule has 2 amide bonds. The van der Waals surface area contributed by atoms with E-state index in [0.29, 0.717) is 53.0 Å². The van der Waals surface area contributed by atoms with Crippen molar-refractivity contribution in [2.75, 3.05) is 19.0 Å². The van der Waals surface area contributed by atoms with Crippen LogP contribution in [0.3, 0.4) is 0 Å². The van der Waals surface area contributed by atoms with Gasteiger partial charge in [-0.2, -0.15) is 0 Å². The van der Waals surface area contributed by atoms with E-state index >= 15 is 0 Å². The zero-order chi connectivity index (χ0) is 25.7. The van der Waals surface area contributed by atoms with E-state index < -0.39 is 0 Å². The van der Waals surface area contributed by atoms with Crippen molar-refractivity contribution in [3.05, 3.63) is 85.7 Å². The lowest BCUT2D eigenvalue weighted by molar-refractivity contribution is -0.118. The molecule has 1 fully saturated rings. The van der Waals surface area contributed by atoms with Gasteiger partial charge in [-0.15, -0.1) is 0 Å². The van der Waals surface area contributed by atoms with E-state index in [9.17, 15) is 9.59 Å². The molecule has 0 unspecified atom stereocenters. The van der Waals surface area contributed by atoms with Gasteiger partial charge in [-0.1, -0.05) is 63.4 Å². The van der Waals surface area contributed by atoms with Crippen LogP contribution >= 0.6 is 50.9 Å². The average Bonchev–Trinajstić information content (AvgIpc) is 3.21. The van der Waals surface area contributed by atoms with Crippen molar-refractivity contribution in [3.63, 3.8) is 0 Å². The number of para-hydroxylation sites is 1. The predicted octanol–water partition coefficient (Wildman–Crippen LogP) is 6.67. The van der Waals surface area contributed by atoms with E-state index in [1.54, 1.807) is 48.5 Å². The van der Waals surface area contributed by atoms with Gasteiger partial charge in [0.2, 0.25) is 0 Å². The van der Waals surface area contributed by atoms with Gasteiger partial charge in [0.15, 0.2) is 23.3 Å². The molecule has 0 spiro atoms. The number of halogens is 3. The Morgan fingerprint density at radius 2 is 1.92 bits per heavy atom. The van der Waals surface area contributed by atoms with Crippen LogP contribution in [0.2, 0.25) is 10.0 Å². The molecule has 0 bridgehead atoms. The topological polar surface area (TPSA) is 89.0 Å². The Morgan fingerprint density at radius 1 is 1.14 bits per heavy atom. The molecule has 1 saturated heterocycles. The van der Waals surface area contributed by atoms with Crippen LogP contribution in [0.15, 0.2) is 75.0 Å². The number of hydrogen-bond acceptors (Lipinski definition) is 6. The largest absolute Gasteiger partial charge is 0.493 e. The summed E-state index contributed by atoms with van der Waals surface area (Å²) in [5, 5.41) is 6.53. The quantitative estimate of drug-likeness (QED) is 0.293. The summed E-state index contributed by atoms with van der Waals surface area (Å²) in [5.74, 6) is 0.161. The summed E-state index contributed by atoms with van der Waals surface area (Å²) in [7, 11) is 1.49. The molecule has 7 nitrogen and oxygen atoms in total. The van der Waals surface area contributed by atoms with Crippen LogP contribution in [0.25, 0.3) is 6.08 Å². The average molecular weight is 607 g/mol. The minimum absolute atomic E-state index is 0.206. The summed E-state index contributed by atoms with van der Waals surface area (Å²) >= 11 is 16.9. The Labute approximate surface area is 230 Å². The number of ether oxygens (including phenoxy) is 2. The first-order valence-corrected chi connectivity index (χ1v) is 12.8. The first kappa shape index (κ1) is 26.1. The van der Waals surface area contributed by atoms with E-state index in [1.807, 2.05) is 18.2 Å². The molecule has 0 radical (unpaired) electrons. The van der Waals surface area contributed by atoms with Gasteiger partial charge in [-0.25, -0.2) is 4.99 Å². The van der Waals surface area contributed by atoms with Gasteiger partial charge in [0, 0.05) is 10.2 Å². The SMILES string of the molecule is COc1cc(/C=C2/SC(=Nc3cccc(Cl)c3Cl)NC2=O)c(Br)cc1OCC(=O)Nc1ccccc1. The summed E-state index contributed by atoms with van der Waals surface area (Å²) < 4.78 is 11.8. The van der Waals surface area contributed by atoms with E-state index in [-0.39, 0.29) is 18.4 Å². The van der Waals surface area contributed by atoms with Crippen molar-refractivity contribution in [1.82, 2.24) is 5.32 Å². The van der Waals surface area contributed by atoms with Gasteiger partial charge < -0.3 is 20.1 Å². The Bertz CT molecular complexity index is 1380. The Hall–Kier alpha value is -2.98. The maximum absolute atomic E-state index is 12.5. The molecular formula is C25H18BrCl2N3O4S. The molecule has 3 aromatic rings. The van der Waals surface area contributed by atoms with Crippen LogP contribution < -0.4 is 20.1 Å². The highest BCUT2D eigenvalue weighted by Crippen LogP contribution is 2.38. The minimum Gasteiger partial charge on any atom is -0.493 e. The highest BCUT2D eigenvalue weighted by atomic mass is 79.9. The number of carbonyl (C=O) groups is 2. The fraction of sp³-hybridized carbons (Fsp3) is 0.0800. The molecule has 36 heavy (non-hydrogen) atoms. The van der Waals surface area contributed by atoms with Crippen molar-refractivity contribution in [2.24, 2.45) is 4.99 Å². The van der Waals surface area contributed by atoms with Crippen LogP contribution in [0.5, 0.6) is 11.5 Å². The third-order valence-corrected chi connectivity index (χ3v) is 7.20. The minimum atomic E-state index is -0.309. The summed E-state index contributed by atoms with van der Waals surface area (Å²) in [6.07, 6.45) is 1.70. The number of methoxy groups -OCH3 is 1. The van der Waals surface area contributed by atoms with Gasteiger partial charge in [-0.05, 0) is 59.8 Å². The Kier molecular flexibility index (Phi) is 8.58. The smallest absolute Gasteiger partial charge is 0.264 e. The number of amides is 2. The molecule has 2 N–H and O–H groups in total. The molecular weight excluding hydrogens is 589 g/mol. The van der Waals surface area contributed by atoms with Gasteiger partial charge in [0.25, 0.3) is 11.8 Å². The number of aliphatic imine (C=N–C) groups is 1. The summed E-state index contributed by atoms with van der Waals surface area (Å²) in [6, 6.07) is 17.6. The molecule has 0 aliphatic carbocycles. The number of carbonyl (C=O) groups excluding carboxylic acids is 2. The highest BCUT2D eigenvalue weighted by Gasteiger charge is 2.25. The fourth-order valence-electron chi connectivity index (χ4n) is 3.11. The van der Waals surface area contributed by atoms with Crippen molar-refractivity contribution >= 4 is 85.3 Å². The van der Waals surface area contributed by atoms with Crippen LogP contribution in [-0.2, 0) is 9.59 Å². The van der Waals surface area contributed by atoms with Gasteiger partial charge >= 0.3 is 0 Å². The van der Waals surface area contributed by atoms with Gasteiger partial charge in [0.05, 0.1) is 27.7 Å². The van der Waals surface area contributed by atoms with Gasteiger partial charge in [-0.3, -0.25) is 9.59 Å². The van der Waals surface area contributed by atoms with Crippen LogP contribution in [0, 0.1) is 0 Å². The maximum Gasteiger partial charge on any atom is 0.264 e. The number of nitrogens with zero attached hydrogens (tertiary/aromatic N) is 1. The van der Waals surface area contributed by atoms with Crippen LogP contribution in [0.4, 0.5) is 11.4 Å². The lowest BCUT2D eigenvalue weighted by atomic mass is 10.2. The third-order valence-electron chi connectivity index (χ3n) is 4.79. The number of thioether (sulfide) groups is 1. The second-order valence-electron chi connectivity index (χ2n) is 7.28. The van der Waals surface area contributed by atoms with E-state index in [1.165, 1.54) is 18.9 Å². The molecule has 184 valence electrons. The molecule has 1 aliphatic rings. The first-order chi connectivity index (χ1) is 17.3. The molecule has 0 saturated carbocycles. The lowest BCUT2D eigenvalue weighted by Gasteiger charge is -2.13. The number of amidine groups is 1. The number of benzene rings is 3. The monoisotopic (exact) mass is 605 g/mol. The van der Waals surface area contributed by atoms with E-state index in [0.717, 1.165) is 0 Å². The summed E-state index contributed by atoms with van der Waals surface area (Å²) in [5.41, 5.74) is 1.80. The molecule has 0 aromatic heterocycles. The lowest BCUT2D eigenvalue weighted by Crippen LogP contribution is -2.20. The van der Waals surface area contributed by atoms with Crippen LogP contribution in [0.1, 0.15) is 5.56 Å². The van der Waals surface area contributed by atoms with Crippen molar-refractivity contribution in [2.45, 2.75) is 0 Å². The number of rotatable bonds is 7. The second-order valence-corrected chi connectivity index (χ2v) is 9.95.